The first kappa shape index (κ1) is 18.0. The highest BCUT2D eigenvalue weighted by atomic mass is 19.1. The van der Waals surface area contributed by atoms with Gasteiger partial charge in [-0.25, -0.2) is 9.18 Å². The first-order valence-electron chi connectivity index (χ1n) is 10.4. The minimum atomic E-state index is -0.583. The van der Waals surface area contributed by atoms with E-state index in [2.05, 4.69) is 18.0 Å². The van der Waals surface area contributed by atoms with E-state index in [4.69, 9.17) is 9.47 Å². The Labute approximate surface area is 173 Å². The monoisotopic (exact) mass is 407 g/mol. The van der Waals surface area contributed by atoms with Crippen molar-refractivity contribution in [2.24, 2.45) is 5.92 Å². The van der Waals surface area contributed by atoms with Crippen molar-refractivity contribution >= 4 is 5.97 Å². The van der Waals surface area contributed by atoms with Crippen LogP contribution in [0.4, 0.5) is 4.39 Å². The fourth-order valence-corrected chi connectivity index (χ4v) is 6.10. The minimum absolute atomic E-state index is 0.136. The van der Waals surface area contributed by atoms with Gasteiger partial charge in [-0.2, -0.15) is 0 Å². The fourth-order valence-electron chi connectivity index (χ4n) is 6.10. The van der Waals surface area contributed by atoms with Gasteiger partial charge in [-0.15, -0.1) is 0 Å². The zero-order valence-electron chi connectivity index (χ0n) is 16.5. The summed E-state index contributed by atoms with van der Waals surface area (Å²) in [4.78, 5) is 15.1. The molecule has 154 valence electrons. The van der Waals surface area contributed by atoms with Gasteiger partial charge < -0.3 is 19.5 Å². The van der Waals surface area contributed by atoms with Crippen LogP contribution in [0.5, 0.6) is 11.5 Å². The standard InChI is InChI=1S/C24H22FNO4/c1-26-11-10-24-16-7-9-19(29-23(28)13-2-5-15(25)6-3-13)22(24)30-21-18(27)8-4-14(20(21)24)12-17(16)26/h2-9,16-17,19,22,27H,10-12H2,1H3/t16-,17+,19-,22-,24-/m0/s1. The first-order valence-corrected chi connectivity index (χ1v) is 10.4. The maximum Gasteiger partial charge on any atom is 0.338 e. The summed E-state index contributed by atoms with van der Waals surface area (Å²) in [6, 6.07) is 9.39. The molecule has 5 nitrogen and oxygen atoms in total. The summed E-state index contributed by atoms with van der Waals surface area (Å²) in [5, 5.41) is 10.5. The number of benzene rings is 2. The molecule has 0 amide bonds. The topological polar surface area (TPSA) is 59.0 Å². The van der Waals surface area contributed by atoms with E-state index in [0.717, 1.165) is 24.9 Å². The Kier molecular flexibility index (Phi) is 3.64. The summed E-state index contributed by atoms with van der Waals surface area (Å²) in [5.74, 6) is -0.00124. The second kappa shape index (κ2) is 6.08. The number of esters is 1. The summed E-state index contributed by atoms with van der Waals surface area (Å²) in [6.07, 6.45) is 4.90. The molecule has 2 bridgehead atoms. The zero-order chi connectivity index (χ0) is 20.6. The van der Waals surface area contributed by atoms with Gasteiger partial charge in [-0.3, -0.25) is 0 Å². The van der Waals surface area contributed by atoms with E-state index in [0.29, 0.717) is 17.4 Å². The average molecular weight is 407 g/mol. The molecule has 2 aromatic rings. The van der Waals surface area contributed by atoms with Crippen molar-refractivity contribution in [2.75, 3.05) is 13.6 Å². The number of ether oxygens (including phenoxy) is 2. The highest BCUT2D eigenvalue weighted by Gasteiger charge is 2.65. The molecular formula is C24H22FNO4. The van der Waals surface area contributed by atoms with Crippen LogP contribution in [0, 0.1) is 11.7 Å². The summed E-state index contributed by atoms with van der Waals surface area (Å²) < 4.78 is 25.4. The molecule has 4 aliphatic rings. The van der Waals surface area contributed by atoms with Crippen LogP contribution in [0.1, 0.15) is 27.9 Å². The van der Waals surface area contributed by atoms with Gasteiger partial charge in [0.25, 0.3) is 0 Å². The molecule has 1 fully saturated rings. The minimum Gasteiger partial charge on any atom is -0.504 e. The zero-order valence-corrected chi connectivity index (χ0v) is 16.5. The Morgan fingerprint density at radius 2 is 2.03 bits per heavy atom. The summed E-state index contributed by atoms with van der Waals surface area (Å²) in [6.45, 7) is 0.919. The van der Waals surface area contributed by atoms with Crippen molar-refractivity contribution < 1.29 is 23.8 Å². The Morgan fingerprint density at radius 1 is 1.23 bits per heavy atom. The highest BCUT2D eigenvalue weighted by Crippen LogP contribution is 2.62. The number of carbonyl (C=O) groups is 1. The van der Waals surface area contributed by atoms with Crippen LogP contribution in [-0.4, -0.2) is 47.8 Å². The van der Waals surface area contributed by atoms with Crippen LogP contribution in [0.2, 0.25) is 0 Å². The average Bonchev–Trinajstić information content (AvgIpc) is 3.09. The number of phenols is 1. The van der Waals surface area contributed by atoms with Gasteiger partial charge in [-0.05, 0) is 68.4 Å². The van der Waals surface area contributed by atoms with Crippen molar-refractivity contribution in [3.05, 3.63) is 71.1 Å². The number of likely N-dealkylation sites (N-methyl/N-ethyl adjacent to an activating group) is 1. The van der Waals surface area contributed by atoms with Gasteiger partial charge in [0.15, 0.2) is 17.6 Å². The lowest BCUT2D eigenvalue weighted by Crippen LogP contribution is -2.65. The van der Waals surface area contributed by atoms with Crippen molar-refractivity contribution in [3.8, 4) is 11.5 Å². The van der Waals surface area contributed by atoms with Crippen LogP contribution in [0.15, 0.2) is 48.6 Å². The number of hydrogen-bond donors (Lipinski definition) is 1. The van der Waals surface area contributed by atoms with E-state index in [1.54, 1.807) is 6.07 Å². The van der Waals surface area contributed by atoms with Gasteiger partial charge in [0.1, 0.15) is 11.9 Å². The molecular weight excluding hydrogens is 385 g/mol. The lowest BCUT2D eigenvalue weighted by Gasteiger charge is -2.56. The molecule has 2 aromatic carbocycles. The van der Waals surface area contributed by atoms with Crippen LogP contribution in [-0.2, 0) is 16.6 Å². The van der Waals surface area contributed by atoms with E-state index in [1.807, 2.05) is 12.1 Å². The number of nitrogens with zero attached hydrogens (tertiary/aromatic N) is 1. The van der Waals surface area contributed by atoms with E-state index in [-0.39, 0.29) is 17.1 Å². The molecule has 2 aliphatic carbocycles. The molecule has 6 rings (SSSR count). The van der Waals surface area contributed by atoms with Gasteiger partial charge in [-0.1, -0.05) is 12.1 Å². The predicted molar refractivity (Wildman–Crippen MR) is 107 cm³/mol. The number of piperidine rings is 1. The number of aromatic hydroxyl groups is 1. The SMILES string of the molecule is CN1CC[C@]23c4c5ccc(O)c4O[C@H]2[C@@H](OC(=O)c2ccc(F)cc2)C=C[C@H]3[C@H]1C5. The molecule has 6 heteroatoms. The van der Waals surface area contributed by atoms with Crippen LogP contribution in [0.3, 0.4) is 0 Å². The maximum atomic E-state index is 13.2. The van der Waals surface area contributed by atoms with Crippen molar-refractivity contribution in [1.29, 1.82) is 0 Å². The maximum absolute atomic E-state index is 13.2. The molecule has 2 heterocycles. The van der Waals surface area contributed by atoms with Crippen molar-refractivity contribution in [1.82, 2.24) is 4.90 Å². The van der Waals surface area contributed by atoms with E-state index < -0.39 is 24.0 Å². The molecule has 1 saturated heterocycles. The summed E-state index contributed by atoms with van der Waals surface area (Å²) in [7, 11) is 2.16. The molecule has 2 aliphatic heterocycles. The largest absolute Gasteiger partial charge is 0.504 e. The smallest absolute Gasteiger partial charge is 0.338 e. The number of phenolic OH excluding ortho intramolecular Hbond substituents is 1. The lowest BCUT2D eigenvalue weighted by molar-refractivity contribution is -0.0555. The molecule has 0 saturated carbocycles. The second-order valence-electron chi connectivity index (χ2n) is 8.82. The molecule has 0 unspecified atom stereocenters. The molecule has 0 radical (unpaired) electrons. The quantitative estimate of drug-likeness (QED) is 0.612. The molecule has 5 atom stereocenters. The van der Waals surface area contributed by atoms with Gasteiger partial charge in [0.05, 0.1) is 5.56 Å². The fraction of sp³-hybridized carbons (Fsp3) is 0.375. The third-order valence-corrected chi connectivity index (χ3v) is 7.45. The number of hydrogen-bond acceptors (Lipinski definition) is 5. The number of halogens is 1. The molecule has 30 heavy (non-hydrogen) atoms. The molecule has 0 aromatic heterocycles. The summed E-state index contributed by atoms with van der Waals surface area (Å²) >= 11 is 0. The van der Waals surface area contributed by atoms with E-state index in [1.165, 1.54) is 29.8 Å². The van der Waals surface area contributed by atoms with Crippen LogP contribution >= 0.6 is 0 Å². The van der Waals surface area contributed by atoms with Crippen LogP contribution < -0.4 is 4.74 Å². The first-order chi connectivity index (χ1) is 14.5. The number of rotatable bonds is 2. The summed E-state index contributed by atoms with van der Waals surface area (Å²) in [5.41, 5.74) is 2.28. The Morgan fingerprint density at radius 3 is 2.83 bits per heavy atom. The van der Waals surface area contributed by atoms with E-state index in [9.17, 15) is 14.3 Å². The third-order valence-electron chi connectivity index (χ3n) is 7.45. The highest BCUT2D eigenvalue weighted by molar-refractivity contribution is 5.89. The normalized spacial score (nSPS) is 33.0. The number of carbonyl (C=O) groups excluding carboxylic acids is 1. The Hall–Kier alpha value is -2.86. The van der Waals surface area contributed by atoms with Gasteiger partial charge in [0.2, 0.25) is 0 Å². The predicted octanol–water partition coefficient (Wildman–Crippen LogP) is 3.20. The van der Waals surface area contributed by atoms with Gasteiger partial charge in [0, 0.05) is 22.9 Å². The second-order valence-corrected chi connectivity index (χ2v) is 8.82. The van der Waals surface area contributed by atoms with Crippen molar-refractivity contribution in [2.45, 2.75) is 36.5 Å². The molecule has 1 N–H and O–H groups in total. The molecule has 1 spiro atoms. The number of likely N-dealkylation sites (tertiary alicyclic amines) is 1. The van der Waals surface area contributed by atoms with Crippen molar-refractivity contribution in [3.63, 3.8) is 0 Å². The van der Waals surface area contributed by atoms with E-state index >= 15 is 0 Å². The lowest BCUT2D eigenvalue weighted by atomic mass is 9.53. The van der Waals surface area contributed by atoms with Crippen LogP contribution in [0.25, 0.3) is 0 Å². The third kappa shape index (κ3) is 2.23. The van der Waals surface area contributed by atoms with Gasteiger partial charge >= 0.3 is 5.97 Å². The Balaban J connectivity index is 1.42. The Bertz CT molecular complexity index is 1080.